The van der Waals surface area contributed by atoms with Gasteiger partial charge in [-0.05, 0) is 68.9 Å². The number of esters is 1. The number of nitrogens with zero attached hydrogens (tertiary/aromatic N) is 2. The summed E-state index contributed by atoms with van der Waals surface area (Å²) in [6.45, 7) is 1.76. The molecule has 1 fully saturated rings. The molecular weight excluding hydrogens is 603 g/mol. The van der Waals surface area contributed by atoms with E-state index < -0.39 is 50.5 Å². The standard InChI is InChI=1S/C29H36F3N5O6S/c1-2-43-28(40)24(16-34-25(38)11-4-3-9-22-13-12-19-7-6-14-33-26(19)35-22)36-27(39)20-17-37(18-20)44(41,42)23-10-5-8-21(15-23)29(30,31)32/h5,8,10,12-13,15,20,24H,2-4,6-7,9,11,14,16-18H2,1H3,(H,33,35)(H,34,38)(H,36,39). The van der Waals surface area contributed by atoms with Crippen LogP contribution in [-0.4, -0.2) is 74.3 Å². The van der Waals surface area contributed by atoms with E-state index in [1.807, 2.05) is 6.07 Å². The molecular formula is C29H36F3N5O6S. The molecule has 15 heteroatoms. The quantitative estimate of drug-likeness (QED) is 0.224. The minimum Gasteiger partial charge on any atom is -0.464 e. The van der Waals surface area contributed by atoms with Crippen LogP contribution in [0.1, 0.15) is 49.4 Å². The molecule has 2 aromatic rings. The molecule has 3 heterocycles. The van der Waals surface area contributed by atoms with E-state index in [2.05, 4.69) is 27.0 Å². The van der Waals surface area contributed by atoms with Crippen molar-refractivity contribution in [1.82, 2.24) is 19.9 Å². The van der Waals surface area contributed by atoms with Crippen molar-refractivity contribution in [2.75, 3.05) is 38.1 Å². The number of amides is 2. The van der Waals surface area contributed by atoms with Crippen molar-refractivity contribution < 1.29 is 40.7 Å². The first-order valence-corrected chi connectivity index (χ1v) is 16.0. The molecule has 0 spiro atoms. The molecule has 1 unspecified atom stereocenters. The third kappa shape index (κ3) is 8.46. The third-order valence-corrected chi connectivity index (χ3v) is 9.28. The number of nitrogens with one attached hydrogen (secondary N) is 3. The molecule has 0 saturated carbocycles. The molecule has 1 aromatic carbocycles. The van der Waals surface area contributed by atoms with Gasteiger partial charge < -0.3 is 20.7 Å². The number of sulfonamides is 1. The highest BCUT2D eigenvalue weighted by atomic mass is 32.2. The van der Waals surface area contributed by atoms with Gasteiger partial charge >= 0.3 is 12.1 Å². The third-order valence-electron chi connectivity index (χ3n) is 7.45. The number of ether oxygens (including phenoxy) is 1. The Morgan fingerprint density at radius 1 is 1.16 bits per heavy atom. The van der Waals surface area contributed by atoms with Gasteiger partial charge in [-0.25, -0.2) is 18.2 Å². The van der Waals surface area contributed by atoms with E-state index in [9.17, 15) is 36.0 Å². The van der Waals surface area contributed by atoms with Crippen LogP contribution < -0.4 is 16.0 Å². The van der Waals surface area contributed by atoms with E-state index in [1.54, 1.807) is 6.92 Å². The van der Waals surface area contributed by atoms with Gasteiger partial charge in [-0.15, -0.1) is 0 Å². The highest BCUT2D eigenvalue weighted by molar-refractivity contribution is 7.89. The summed E-state index contributed by atoms with van der Waals surface area (Å²) in [5, 5.41) is 8.44. The summed E-state index contributed by atoms with van der Waals surface area (Å²) in [5.74, 6) is -1.63. The van der Waals surface area contributed by atoms with Gasteiger partial charge in [0.25, 0.3) is 0 Å². The Morgan fingerprint density at radius 3 is 2.66 bits per heavy atom. The molecule has 1 saturated heterocycles. The summed E-state index contributed by atoms with van der Waals surface area (Å²) >= 11 is 0. The topological polar surface area (TPSA) is 147 Å². The first-order chi connectivity index (χ1) is 20.9. The zero-order valence-corrected chi connectivity index (χ0v) is 25.1. The minimum atomic E-state index is -4.71. The number of fused-ring (bicyclic) bond motifs is 1. The number of carbonyl (C=O) groups is 3. The summed E-state index contributed by atoms with van der Waals surface area (Å²) in [6.07, 6.45) is -0.376. The van der Waals surface area contributed by atoms with Gasteiger partial charge in [0.1, 0.15) is 11.9 Å². The number of halogens is 3. The number of hydrogen-bond acceptors (Lipinski definition) is 8. The second kappa shape index (κ2) is 14.4. The van der Waals surface area contributed by atoms with E-state index >= 15 is 0 Å². The van der Waals surface area contributed by atoms with Crippen molar-refractivity contribution in [1.29, 1.82) is 0 Å². The Morgan fingerprint density at radius 2 is 1.93 bits per heavy atom. The van der Waals surface area contributed by atoms with Crippen LogP contribution >= 0.6 is 0 Å². The number of aromatic nitrogens is 1. The van der Waals surface area contributed by atoms with Gasteiger partial charge in [-0.2, -0.15) is 17.5 Å². The SMILES string of the molecule is CCOC(=O)C(CNC(=O)CCCCc1ccc2c(n1)NCCC2)NC(=O)C1CN(S(=O)(=O)c2cccc(C(F)(F)F)c2)C1. The van der Waals surface area contributed by atoms with Crippen LogP contribution in [0.15, 0.2) is 41.3 Å². The molecule has 240 valence electrons. The number of aryl methyl sites for hydroxylation is 2. The average molecular weight is 640 g/mol. The summed E-state index contributed by atoms with van der Waals surface area (Å²) < 4.78 is 70.6. The Balaban J connectivity index is 1.23. The van der Waals surface area contributed by atoms with Crippen molar-refractivity contribution in [2.45, 2.75) is 62.6 Å². The maximum atomic E-state index is 13.0. The average Bonchev–Trinajstić information content (AvgIpc) is 2.96. The van der Waals surface area contributed by atoms with E-state index in [1.165, 1.54) is 5.56 Å². The largest absolute Gasteiger partial charge is 0.464 e. The Hall–Kier alpha value is -3.72. The molecule has 3 N–H and O–H groups in total. The normalized spacial score (nSPS) is 16.2. The van der Waals surface area contributed by atoms with Crippen molar-refractivity contribution in [3.05, 3.63) is 53.2 Å². The van der Waals surface area contributed by atoms with Crippen LogP contribution in [0.5, 0.6) is 0 Å². The first kappa shape index (κ1) is 33.2. The smallest absolute Gasteiger partial charge is 0.416 e. The molecule has 2 aliphatic rings. The Labute approximate surface area is 254 Å². The predicted octanol–water partition coefficient (Wildman–Crippen LogP) is 2.66. The lowest BCUT2D eigenvalue weighted by molar-refractivity contribution is -0.148. The number of hydrogen-bond donors (Lipinski definition) is 3. The molecule has 1 aromatic heterocycles. The number of alkyl halides is 3. The first-order valence-electron chi connectivity index (χ1n) is 14.5. The van der Waals surface area contributed by atoms with E-state index in [4.69, 9.17) is 4.74 Å². The summed E-state index contributed by atoms with van der Waals surface area (Å²) in [5.41, 5.74) is 1.05. The van der Waals surface area contributed by atoms with Gasteiger partial charge in [0.05, 0.1) is 23.0 Å². The van der Waals surface area contributed by atoms with Gasteiger partial charge in [0.2, 0.25) is 21.8 Å². The monoisotopic (exact) mass is 639 g/mol. The van der Waals surface area contributed by atoms with Crippen LogP contribution in [0, 0.1) is 5.92 Å². The number of pyridine rings is 1. The van der Waals surface area contributed by atoms with Crippen molar-refractivity contribution >= 4 is 33.6 Å². The van der Waals surface area contributed by atoms with Gasteiger partial charge in [-0.1, -0.05) is 12.1 Å². The fraction of sp³-hybridized carbons (Fsp3) is 0.517. The highest BCUT2D eigenvalue weighted by Gasteiger charge is 2.42. The number of anilines is 1. The lowest BCUT2D eigenvalue weighted by Crippen LogP contribution is -2.59. The van der Waals surface area contributed by atoms with Gasteiger partial charge in [0.15, 0.2) is 0 Å². The van der Waals surface area contributed by atoms with Gasteiger partial charge in [-0.3, -0.25) is 9.59 Å². The molecule has 2 amide bonds. The summed E-state index contributed by atoms with van der Waals surface area (Å²) in [4.78, 5) is 41.8. The number of carbonyl (C=O) groups excluding carboxylic acids is 3. The van der Waals surface area contributed by atoms with Crippen molar-refractivity contribution in [3.8, 4) is 0 Å². The van der Waals surface area contributed by atoms with E-state index in [0.29, 0.717) is 18.9 Å². The minimum absolute atomic E-state index is 0.0395. The maximum Gasteiger partial charge on any atom is 0.416 e. The fourth-order valence-corrected chi connectivity index (χ4v) is 6.49. The zero-order chi connectivity index (χ0) is 31.9. The van der Waals surface area contributed by atoms with Crippen molar-refractivity contribution in [3.63, 3.8) is 0 Å². The lowest BCUT2D eigenvalue weighted by Gasteiger charge is -2.37. The molecule has 4 rings (SSSR count). The number of unbranched alkanes of at least 4 members (excludes halogenated alkanes) is 1. The van der Waals surface area contributed by atoms with E-state index in [-0.39, 0.29) is 38.6 Å². The van der Waals surface area contributed by atoms with Gasteiger partial charge in [0, 0.05) is 38.3 Å². The molecule has 2 aliphatic heterocycles. The van der Waals surface area contributed by atoms with E-state index in [0.717, 1.165) is 59.8 Å². The molecule has 44 heavy (non-hydrogen) atoms. The molecule has 0 aliphatic carbocycles. The predicted molar refractivity (Wildman–Crippen MR) is 154 cm³/mol. The molecule has 1 atom stereocenters. The second-order valence-corrected chi connectivity index (χ2v) is 12.6. The second-order valence-electron chi connectivity index (χ2n) is 10.7. The molecule has 0 radical (unpaired) electrons. The van der Waals surface area contributed by atoms with Crippen LogP contribution in [0.2, 0.25) is 0 Å². The maximum absolute atomic E-state index is 13.0. The fourth-order valence-electron chi connectivity index (χ4n) is 4.91. The Kier molecular flexibility index (Phi) is 10.8. The lowest BCUT2D eigenvalue weighted by atomic mass is 10.0. The zero-order valence-electron chi connectivity index (χ0n) is 24.3. The summed E-state index contributed by atoms with van der Waals surface area (Å²) in [7, 11) is -4.26. The Bertz CT molecular complexity index is 1460. The molecule has 0 bridgehead atoms. The summed E-state index contributed by atoms with van der Waals surface area (Å²) in [6, 6.07) is 6.25. The van der Waals surface area contributed by atoms with Crippen LogP contribution in [0.25, 0.3) is 0 Å². The van der Waals surface area contributed by atoms with Crippen molar-refractivity contribution in [2.24, 2.45) is 5.92 Å². The number of rotatable bonds is 13. The van der Waals surface area contributed by atoms with Crippen LogP contribution in [-0.2, 0) is 48.2 Å². The van der Waals surface area contributed by atoms with Crippen LogP contribution in [0.3, 0.4) is 0 Å². The number of benzene rings is 1. The molecule has 11 nitrogen and oxygen atoms in total. The highest BCUT2D eigenvalue weighted by Crippen LogP contribution is 2.32. The van der Waals surface area contributed by atoms with Crippen LogP contribution in [0.4, 0.5) is 19.0 Å².